The summed E-state index contributed by atoms with van der Waals surface area (Å²) in [6.45, 7) is 2.53. The Morgan fingerprint density at radius 1 is 0.511 bits per heavy atom. The first-order chi connectivity index (χ1) is 21.4. The van der Waals surface area contributed by atoms with E-state index in [1.165, 1.54) is 0 Å². The van der Waals surface area contributed by atoms with Gasteiger partial charge in [0.15, 0.2) is 23.3 Å². The third-order valence-corrected chi connectivity index (χ3v) is 6.80. The van der Waals surface area contributed by atoms with Crippen molar-refractivity contribution >= 4 is 11.4 Å². The Hall–Kier alpha value is -4.70. The average Bonchev–Trinajstić information content (AvgIpc) is 3.84. The second-order valence-electron chi connectivity index (χ2n) is 10.1. The molecule has 0 aliphatic carbocycles. The van der Waals surface area contributed by atoms with E-state index in [0.29, 0.717) is 26.2 Å². The molecule has 14 nitrogen and oxygen atoms in total. The van der Waals surface area contributed by atoms with Crippen LogP contribution in [-0.4, -0.2) is 74.4 Å². The molecule has 236 valence electrons. The van der Waals surface area contributed by atoms with Crippen molar-refractivity contribution < 1.29 is 19.8 Å². The van der Waals surface area contributed by atoms with Crippen LogP contribution in [-0.2, 0) is 48.0 Å². The summed E-state index contributed by atoms with van der Waals surface area (Å²) in [4.78, 5) is 26.9. The van der Waals surface area contributed by atoms with E-state index in [9.17, 15) is 0 Å². The SMILES string of the molecule is Cn1ccnc1-c1cc(NCCN)cc(-c2nccn2C)n1.Cn1ccnc1-c1cc(NCCN)cc(-c2nccn2C)n1.[Os]. The fraction of sp³-hybridized carbons (Fsp3) is 0.267. The van der Waals surface area contributed by atoms with E-state index < -0.39 is 0 Å². The summed E-state index contributed by atoms with van der Waals surface area (Å²) >= 11 is 0. The molecule has 6 aromatic heterocycles. The van der Waals surface area contributed by atoms with Gasteiger partial charge in [-0.2, -0.15) is 0 Å². The zero-order valence-corrected chi connectivity index (χ0v) is 28.3. The molecule has 0 amide bonds. The number of nitrogens with two attached hydrogens (primary N) is 2. The van der Waals surface area contributed by atoms with Gasteiger partial charge in [-0.05, 0) is 24.3 Å². The van der Waals surface area contributed by atoms with Crippen LogP contribution in [0.4, 0.5) is 11.4 Å². The smallest absolute Gasteiger partial charge is 0.158 e. The standard InChI is InChI=1S/2C15H19N7.Os/c2*1-21-7-5-18-14(21)12-9-11(17-4-3-16)10-13(20-12)15-19-6-8-22(15)2;/h2*5-10H,3-4,16H2,1-2H3,(H,17,20);. The molecule has 0 unspecified atom stereocenters. The molecule has 0 saturated carbocycles. The van der Waals surface area contributed by atoms with Crippen molar-refractivity contribution in [2.45, 2.75) is 0 Å². The van der Waals surface area contributed by atoms with Crippen molar-refractivity contribution in [3.63, 3.8) is 0 Å². The van der Waals surface area contributed by atoms with Crippen LogP contribution in [0.3, 0.4) is 0 Å². The molecule has 0 aliphatic heterocycles. The van der Waals surface area contributed by atoms with Crippen molar-refractivity contribution in [1.29, 1.82) is 0 Å². The first-order valence-electron chi connectivity index (χ1n) is 14.2. The quantitative estimate of drug-likeness (QED) is 0.162. The molecule has 15 heteroatoms. The number of hydrogen-bond acceptors (Lipinski definition) is 10. The van der Waals surface area contributed by atoms with Crippen LogP contribution >= 0.6 is 0 Å². The molecule has 0 bridgehead atoms. The monoisotopic (exact) mass is 786 g/mol. The molecule has 0 aliphatic rings. The van der Waals surface area contributed by atoms with E-state index in [1.54, 1.807) is 24.8 Å². The third-order valence-electron chi connectivity index (χ3n) is 6.80. The number of nitrogens with zero attached hydrogens (tertiary/aromatic N) is 10. The summed E-state index contributed by atoms with van der Waals surface area (Å²) in [7, 11) is 7.80. The van der Waals surface area contributed by atoms with Gasteiger partial charge in [-0.3, -0.25) is 0 Å². The van der Waals surface area contributed by atoms with Gasteiger partial charge in [0.05, 0.1) is 0 Å². The molecule has 0 radical (unpaired) electrons. The molecule has 6 heterocycles. The maximum Gasteiger partial charge on any atom is 0.158 e. The van der Waals surface area contributed by atoms with E-state index in [4.69, 9.17) is 21.4 Å². The number of nitrogens with one attached hydrogen (secondary N) is 2. The molecular weight excluding hydrogens is 747 g/mol. The van der Waals surface area contributed by atoms with Crippen molar-refractivity contribution in [3.05, 3.63) is 73.8 Å². The van der Waals surface area contributed by atoms with E-state index >= 15 is 0 Å². The number of anilines is 2. The number of pyridine rings is 2. The van der Waals surface area contributed by atoms with Crippen LogP contribution in [0.5, 0.6) is 0 Å². The number of rotatable bonds is 10. The van der Waals surface area contributed by atoms with Gasteiger partial charge >= 0.3 is 0 Å². The predicted molar refractivity (Wildman–Crippen MR) is 172 cm³/mol. The minimum atomic E-state index is 0. The Morgan fingerprint density at radius 3 is 0.978 bits per heavy atom. The zero-order valence-electron chi connectivity index (χ0n) is 25.7. The van der Waals surface area contributed by atoms with Gasteiger partial charge in [-0.25, -0.2) is 29.9 Å². The molecule has 45 heavy (non-hydrogen) atoms. The van der Waals surface area contributed by atoms with Crippen molar-refractivity contribution in [2.75, 3.05) is 36.8 Å². The Labute approximate surface area is 275 Å². The van der Waals surface area contributed by atoms with Gasteiger partial charge in [0.1, 0.15) is 22.8 Å². The van der Waals surface area contributed by atoms with Crippen LogP contribution in [0.1, 0.15) is 0 Å². The molecular formula is C30H38N14Os. The van der Waals surface area contributed by atoms with Crippen LogP contribution in [0.25, 0.3) is 46.1 Å². The Morgan fingerprint density at radius 2 is 0.778 bits per heavy atom. The van der Waals surface area contributed by atoms with Crippen molar-refractivity contribution in [2.24, 2.45) is 39.7 Å². The van der Waals surface area contributed by atoms with Crippen LogP contribution in [0.2, 0.25) is 0 Å². The molecule has 0 spiro atoms. The summed E-state index contributed by atoms with van der Waals surface area (Å²) in [5.41, 5.74) is 16.3. The van der Waals surface area contributed by atoms with Crippen molar-refractivity contribution in [1.82, 2.24) is 48.2 Å². The number of aryl methyl sites for hydroxylation is 4. The second kappa shape index (κ2) is 15.3. The number of aromatic nitrogens is 10. The minimum Gasteiger partial charge on any atom is -0.384 e. The van der Waals surface area contributed by atoms with Gasteiger partial charge in [0.2, 0.25) is 0 Å². The first kappa shape index (κ1) is 33.2. The summed E-state index contributed by atoms with van der Waals surface area (Å²) in [5, 5.41) is 6.60. The van der Waals surface area contributed by atoms with Gasteiger partial charge in [0.25, 0.3) is 0 Å². The largest absolute Gasteiger partial charge is 0.384 e. The molecule has 6 rings (SSSR count). The average molecular weight is 785 g/mol. The molecule has 6 aromatic rings. The maximum atomic E-state index is 5.58. The normalized spacial score (nSPS) is 10.6. The van der Waals surface area contributed by atoms with E-state index in [0.717, 1.165) is 57.4 Å². The fourth-order valence-electron chi connectivity index (χ4n) is 4.61. The second-order valence-corrected chi connectivity index (χ2v) is 10.1. The minimum absolute atomic E-state index is 0. The van der Waals surface area contributed by atoms with E-state index in [1.807, 2.05) is 95.5 Å². The molecule has 6 N–H and O–H groups in total. The summed E-state index contributed by atoms with van der Waals surface area (Å²) < 4.78 is 7.77. The van der Waals surface area contributed by atoms with Gasteiger partial charge in [0, 0.05) is 135 Å². The molecule has 0 saturated heterocycles. The van der Waals surface area contributed by atoms with E-state index in [-0.39, 0.29) is 19.8 Å². The number of hydrogen-bond donors (Lipinski definition) is 4. The zero-order chi connectivity index (χ0) is 31.1. The summed E-state index contributed by atoms with van der Waals surface area (Å²) in [5.74, 6) is 3.25. The maximum absolute atomic E-state index is 5.58. The first-order valence-corrected chi connectivity index (χ1v) is 14.2. The Bertz CT molecular complexity index is 1570. The third kappa shape index (κ3) is 7.88. The topological polar surface area (TPSA) is 173 Å². The van der Waals surface area contributed by atoms with Crippen LogP contribution in [0.15, 0.2) is 73.8 Å². The fourth-order valence-corrected chi connectivity index (χ4v) is 4.61. The molecule has 0 aromatic carbocycles. The van der Waals surface area contributed by atoms with Gasteiger partial charge in [-0.1, -0.05) is 0 Å². The molecule has 0 fully saturated rings. The Balaban J connectivity index is 0.000000200. The number of imidazole rings is 4. The summed E-state index contributed by atoms with van der Waals surface area (Å²) in [6.07, 6.45) is 14.6. The van der Waals surface area contributed by atoms with Crippen molar-refractivity contribution in [3.8, 4) is 46.1 Å². The van der Waals surface area contributed by atoms with Crippen LogP contribution < -0.4 is 22.1 Å². The van der Waals surface area contributed by atoms with Crippen LogP contribution in [0, 0.1) is 0 Å². The Kier molecular flexibility index (Phi) is 11.3. The molecule has 0 atom stereocenters. The van der Waals surface area contributed by atoms with Gasteiger partial charge < -0.3 is 40.4 Å². The van der Waals surface area contributed by atoms with E-state index in [2.05, 4.69) is 30.6 Å². The summed E-state index contributed by atoms with van der Waals surface area (Å²) in [6, 6.07) is 7.91. The predicted octanol–water partition coefficient (Wildman–Crippen LogP) is 2.50. The van der Waals surface area contributed by atoms with Gasteiger partial charge in [-0.15, -0.1) is 0 Å².